The molecule has 11 heteroatoms. The molecule has 1 unspecified atom stereocenters. The fraction of sp³-hybridized carbons (Fsp3) is 0.0690. The first-order valence-corrected chi connectivity index (χ1v) is 13.9. The third-order valence-electron chi connectivity index (χ3n) is 6.34. The van der Waals surface area contributed by atoms with Gasteiger partial charge in [0.25, 0.3) is 10.1 Å². The number of aromatic hydroxyl groups is 1. The molecule has 0 saturated heterocycles. The molecule has 0 saturated carbocycles. The molecule has 0 bridgehead atoms. The van der Waals surface area contributed by atoms with Crippen molar-refractivity contribution in [3.05, 3.63) is 124 Å². The van der Waals surface area contributed by atoms with Crippen molar-refractivity contribution in [3.63, 3.8) is 0 Å². The van der Waals surface area contributed by atoms with Gasteiger partial charge in [-0.3, -0.25) is 4.55 Å². The summed E-state index contributed by atoms with van der Waals surface area (Å²) in [5.41, 5.74) is 10.9. The molecular weight excluding hydrogens is 550 g/mol. The summed E-state index contributed by atoms with van der Waals surface area (Å²) >= 11 is 6.22. The van der Waals surface area contributed by atoms with Crippen molar-refractivity contribution in [1.82, 2.24) is 9.78 Å². The first-order chi connectivity index (χ1) is 19.1. The van der Waals surface area contributed by atoms with Crippen LogP contribution in [-0.4, -0.2) is 27.9 Å². The molecule has 4 N–H and O–H groups in total. The standard InChI is InChI=1S/C29H24ClN5O4S/c1-18-28(29(36)35(34-18)26-17-24(40(37,38)39)15-16-25(26)30)33-32-23-13-9-21(10-14-23)27(19-5-3-2-4-6-19)20-7-11-22(31)12-8-20/h2-17,27,36H,31H2,1H3,(H,37,38,39)/b33-32+. The van der Waals surface area contributed by atoms with Gasteiger partial charge >= 0.3 is 0 Å². The Hall–Kier alpha value is -4.51. The minimum absolute atomic E-state index is 0.0134. The Kier molecular flexibility index (Phi) is 7.40. The summed E-state index contributed by atoms with van der Waals surface area (Å²) in [6, 6.07) is 29.1. The van der Waals surface area contributed by atoms with Crippen LogP contribution >= 0.6 is 11.6 Å². The van der Waals surface area contributed by atoms with Gasteiger partial charge in [-0.25, -0.2) is 0 Å². The van der Waals surface area contributed by atoms with E-state index < -0.39 is 15.0 Å². The van der Waals surface area contributed by atoms with E-state index in [1.807, 2.05) is 66.7 Å². The number of nitrogens with zero attached hydrogens (tertiary/aromatic N) is 4. The van der Waals surface area contributed by atoms with Crippen molar-refractivity contribution < 1.29 is 18.1 Å². The van der Waals surface area contributed by atoms with E-state index in [1.54, 1.807) is 6.92 Å². The van der Waals surface area contributed by atoms with Crippen LogP contribution in [0, 0.1) is 6.92 Å². The van der Waals surface area contributed by atoms with Gasteiger partial charge in [-0.1, -0.05) is 66.2 Å². The Labute approximate surface area is 236 Å². The summed E-state index contributed by atoms with van der Waals surface area (Å²) in [7, 11) is -4.49. The number of aryl methyl sites for hydroxylation is 1. The average molecular weight is 574 g/mol. The van der Waals surface area contributed by atoms with E-state index in [2.05, 4.69) is 27.5 Å². The molecular formula is C29H24ClN5O4S. The van der Waals surface area contributed by atoms with Crippen LogP contribution in [0.2, 0.25) is 5.02 Å². The van der Waals surface area contributed by atoms with Gasteiger partial charge in [0.15, 0.2) is 5.69 Å². The van der Waals surface area contributed by atoms with Gasteiger partial charge < -0.3 is 10.8 Å². The zero-order chi connectivity index (χ0) is 28.4. The van der Waals surface area contributed by atoms with Crippen LogP contribution in [0.5, 0.6) is 5.88 Å². The van der Waals surface area contributed by atoms with E-state index in [0.29, 0.717) is 17.1 Å². The fourth-order valence-corrected chi connectivity index (χ4v) is 5.06. The van der Waals surface area contributed by atoms with Crippen LogP contribution in [0.15, 0.2) is 112 Å². The molecule has 1 heterocycles. The SMILES string of the molecule is Cc1nn(-c2cc(S(=O)(=O)O)ccc2Cl)c(O)c1/N=N/c1ccc(C(c2ccccc2)c2ccc(N)cc2)cc1. The summed E-state index contributed by atoms with van der Waals surface area (Å²) in [5, 5.41) is 23.6. The number of hydrogen-bond donors (Lipinski definition) is 3. The van der Waals surface area contributed by atoms with Crippen molar-refractivity contribution >= 4 is 38.8 Å². The zero-order valence-electron chi connectivity index (χ0n) is 21.2. The van der Waals surface area contributed by atoms with Crippen LogP contribution in [0.3, 0.4) is 0 Å². The van der Waals surface area contributed by atoms with Crippen molar-refractivity contribution in [2.24, 2.45) is 10.2 Å². The maximum absolute atomic E-state index is 11.6. The van der Waals surface area contributed by atoms with Crippen molar-refractivity contribution in [2.75, 3.05) is 5.73 Å². The maximum atomic E-state index is 11.6. The quantitative estimate of drug-likeness (QED) is 0.0830. The number of nitrogens with two attached hydrogens (primary N) is 1. The first kappa shape index (κ1) is 27.1. The molecule has 0 aliphatic rings. The van der Waals surface area contributed by atoms with Gasteiger partial charge in [-0.05, 0) is 66.1 Å². The number of rotatable bonds is 7. The number of benzene rings is 4. The Balaban J connectivity index is 1.45. The highest BCUT2D eigenvalue weighted by Crippen LogP contribution is 2.37. The summed E-state index contributed by atoms with van der Waals surface area (Å²) in [5.74, 6) is -0.402. The third kappa shape index (κ3) is 5.59. The van der Waals surface area contributed by atoms with Crippen molar-refractivity contribution in [2.45, 2.75) is 17.7 Å². The van der Waals surface area contributed by atoms with Gasteiger partial charge in [-0.2, -0.15) is 23.3 Å². The summed E-state index contributed by atoms with van der Waals surface area (Å²) in [6.45, 7) is 1.62. The Morgan fingerprint density at radius 3 is 2.10 bits per heavy atom. The molecule has 5 rings (SSSR count). The number of aromatic nitrogens is 2. The van der Waals surface area contributed by atoms with E-state index in [0.717, 1.165) is 33.5 Å². The summed E-state index contributed by atoms with van der Waals surface area (Å²) in [4.78, 5) is -0.393. The van der Waals surface area contributed by atoms with Gasteiger partial charge in [0.1, 0.15) is 0 Å². The third-order valence-corrected chi connectivity index (χ3v) is 7.51. The lowest BCUT2D eigenvalue weighted by Crippen LogP contribution is -2.03. The highest BCUT2D eigenvalue weighted by Gasteiger charge is 2.21. The second-order valence-corrected chi connectivity index (χ2v) is 10.9. The molecule has 9 nitrogen and oxygen atoms in total. The smallest absolute Gasteiger partial charge is 0.294 e. The maximum Gasteiger partial charge on any atom is 0.294 e. The van der Waals surface area contributed by atoms with E-state index in [4.69, 9.17) is 17.3 Å². The summed E-state index contributed by atoms with van der Waals surface area (Å²) in [6.07, 6.45) is 0. The van der Waals surface area contributed by atoms with Gasteiger partial charge in [0.05, 0.1) is 27.0 Å². The zero-order valence-corrected chi connectivity index (χ0v) is 22.8. The fourth-order valence-electron chi connectivity index (χ4n) is 4.36. The van der Waals surface area contributed by atoms with Crippen molar-refractivity contribution in [3.8, 4) is 11.6 Å². The number of azo groups is 1. The second kappa shape index (κ2) is 10.9. The topological polar surface area (TPSA) is 143 Å². The number of anilines is 1. The Morgan fingerprint density at radius 2 is 1.48 bits per heavy atom. The van der Waals surface area contributed by atoms with Gasteiger partial charge in [-0.15, -0.1) is 5.11 Å². The lowest BCUT2D eigenvalue weighted by atomic mass is 9.85. The van der Waals surface area contributed by atoms with E-state index >= 15 is 0 Å². The van der Waals surface area contributed by atoms with Crippen LogP contribution in [0.1, 0.15) is 28.3 Å². The average Bonchev–Trinajstić information content (AvgIpc) is 3.22. The predicted molar refractivity (Wildman–Crippen MR) is 154 cm³/mol. The molecule has 40 heavy (non-hydrogen) atoms. The minimum Gasteiger partial charge on any atom is -0.492 e. The lowest BCUT2D eigenvalue weighted by Gasteiger charge is -2.19. The van der Waals surface area contributed by atoms with Crippen LogP contribution in [-0.2, 0) is 10.1 Å². The molecule has 5 aromatic rings. The highest BCUT2D eigenvalue weighted by atomic mass is 35.5. The molecule has 1 aromatic heterocycles. The molecule has 202 valence electrons. The summed E-state index contributed by atoms with van der Waals surface area (Å²) < 4.78 is 33.6. The first-order valence-electron chi connectivity index (χ1n) is 12.1. The van der Waals surface area contributed by atoms with Crippen LogP contribution < -0.4 is 5.73 Å². The van der Waals surface area contributed by atoms with Crippen LogP contribution in [0.25, 0.3) is 5.69 Å². The molecule has 0 aliphatic carbocycles. The number of halogens is 1. The normalized spacial score (nSPS) is 12.6. The second-order valence-electron chi connectivity index (χ2n) is 9.06. The molecule has 1 atom stereocenters. The number of nitrogen functional groups attached to an aromatic ring is 1. The Bertz CT molecular complexity index is 1800. The molecule has 0 amide bonds. The van der Waals surface area contributed by atoms with E-state index in [1.165, 1.54) is 6.07 Å². The van der Waals surface area contributed by atoms with Gasteiger partial charge in [0.2, 0.25) is 5.88 Å². The lowest BCUT2D eigenvalue weighted by molar-refractivity contribution is 0.434. The monoisotopic (exact) mass is 573 g/mol. The number of hydrogen-bond acceptors (Lipinski definition) is 7. The van der Waals surface area contributed by atoms with E-state index in [-0.39, 0.29) is 28.2 Å². The van der Waals surface area contributed by atoms with Crippen LogP contribution in [0.4, 0.5) is 17.1 Å². The molecule has 4 aromatic carbocycles. The Morgan fingerprint density at radius 1 is 0.875 bits per heavy atom. The van der Waals surface area contributed by atoms with Gasteiger partial charge in [0, 0.05) is 11.6 Å². The minimum atomic E-state index is -4.49. The molecule has 0 aliphatic heterocycles. The van der Waals surface area contributed by atoms with E-state index in [9.17, 15) is 18.1 Å². The molecule has 0 fully saturated rings. The van der Waals surface area contributed by atoms with Crippen molar-refractivity contribution in [1.29, 1.82) is 0 Å². The molecule has 0 spiro atoms. The highest BCUT2D eigenvalue weighted by molar-refractivity contribution is 7.85. The molecule has 0 radical (unpaired) electrons. The largest absolute Gasteiger partial charge is 0.492 e. The predicted octanol–water partition coefficient (Wildman–Crippen LogP) is 6.96.